The number of halogens is 4. The third-order valence-corrected chi connectivity index (χ3v) is 2.91. The number of anilines is 1. The first kappa shape index (κ1) is 19.0. The second-order valence-electron chi connectivity index (χ2n) is 4.62. The number of hydrogen-bond donors (Lipinski definition) is 2. The number of aromatic nitrogens is 2. The number of nitrogens with zero attached hydrogens (tertiary/aromatic N) is 2. The summed E-state index contributed by atoms with van der Waals surface area (Å²) in [6.07, 6.45) is -1.26. The van der Waals surface area contributed by atoms with Crippen LogP contribution in [-0.4, -0.2) is 29.3 Å². The average molecular weight is 349 g/mol. The van der Waals surface area contributed by atoms with Gasteiger partial charge < -0.3 is 10.6 Å². The topological polar surface area (TPSA) is 59.0 Å². The molecule has 0 aliphatic rings. The Morgan fingerprint density at radius 2 is 2.09 bits per heavy atom. The fourth-order valence-corrected chi connectivity index (χ4v) is 1.82. The summed E-state index contributed by atoms with van der Waals surface area (Å²) in [5, 5.41) is 9.44. The zero-order valence-corrected chi connectivity index (χ0v) is 13.0. The molecule has 0 atom stereocenters. The van der Waals surface area contributed by atoms with E-state index in [0.29, 0.717) is 18.7 Å². The normalized spacial score (nSPS) is 11.0. The van der Waals surface area contributed by atoms with Crippen molar-refractivity contribution < 1.29 is 18.0 Å². The molecule has 0 spiro atoms. The molecule has 0 unspecified atom stereocenters. The lowest BCUT2D eigenvalue weighted by molar-refractivity contribution is -0.137. The highest BCUT2D eigenvalue weighted by Gasteiger charge is 2.30. The highest BCUT2D eigenvalue weighted by atomic mass is 35.5. The summed E-state index contributed by atoms with van der Waals surface area (Å²) in [7, 11) is 1.74. The standard InChI is InChI=1S/C14H15F3N4O.ClH/c1-18-6-5-13(22)20-11-8-19-21(9-11)12-4-2-3-10(7-12)14(15,16)17;/h2-4,7-9,18H,5-6H2,1H3,(H,20,22);1H. The summed E-state index contributed by atoms with van der Waals surface area (Å²) >= 11 is 0. The second kappa shape index (κ2) is 7.98. The van der Waals surface area contributed by atoms with Gasteiger partial charge in [-0.15, -0.1) is 12.4 Å². The smallest absolute Gasteiger partial charge is 0.323 e. The molecule has 126 valence electrons. The Balaban J connectivity index is 0.00000264. The largest absolute Gasteiger partial charge is 0.416 e. The van der Waals surface area contributed by atoms with E-state index in [0.717, 1.165) is 12.1 Å². The van der Waals surface area contributed by atoms with Gasteiger partial charge in [0, 0.05) is 13.0 Å². The van der Waals surface area contributed by atoms with Crippen LogP contribution < -0.4 is 10.6 Å². The Kier molecular flexibility index (Phi) is 6.59. The molecule has 0 radical (unpaired) electrons. The molecule has 0 aliphatic carbocycles. The van der Waals surface area contributed by atoms with Crippen LogP contribution in [0.5, 0.6) is 0 Å². The number of benzene rings is 1. The minimum Gasteiger partial charge on any atom is -0.323 e. The predicted molar refractivity (Wildman–Crippen MR) is 83.0 cm³/mol. The lowest BCUT2D eigenvalue weighted by Crippen LogP contribution is -2.18. The number of amides is 1. The molecule has 0 saturated carbocycles. The number of carbonyl (C=O) groups excluding carboxylic acids is 1. The fraction of sp³-hybridized carbons (Fsp3) is 0.286. The van der Waals surface area contributed by atoms with Crippen LogP contribution in [-0.2, 0) is 11.0 Å². The van der Waals surface area contributed by atoms with Gasteiger partial charge in [0.05, 0.1) is 29.3 Å². The third-order valence-electron chi connectivity index (χ3n) is 2.91. The number of rotatable bonds is 5. The maximum atomic E-state index is 12.7. The predicted octanol–water partition coefficient (Wildman–Crippen LogP) is 2.86. The van der Waals surface area contributed by atoms with E-state index in [4.69, 9.17) is 0 Å². The van der Waals surface area contributed by atoms with Gasteiger partial charge in [-0.1, -0.05) is 6.07 Å². The van der Waals surface area contributed by atoms with Gasteiger partial charge in [0.2, 0.25) is 5.91 Å². The summed E-state index contributed by atoms with van der Waals surface area (Å²) in [5.74, 6) is -0.196. The van der Waals surface area contributed by atoms with Crippen LogP contribution in [0.2, 0.25) is 0 Å². The molecular weight excluding hydrogens is 333 g/mol. The van der Waals surface area contributed by atoms with E-state index in [9.17, 15) is 18.0 Å². The maximum Gasteiger partial charge on any atom is 0.416 e. The lowest BCUT2D eigenvalue weighted by atomic mass is 10.2. The van der Waals surface area contributed by atoms with Gasteiger partial charge in [-0.2, -0.15) is 18.3 Å². The highest BCUT2D eigenvalue weighted by Crippen LogP contribution is 2.30. The van der Waals surface area contributed by atoms with E-state index < -0.39 is 11.7 Å². The second-order valence-corrected chi connectivity index (χ2v) is 4.62. The first-order valence-corrected chi connectivity index (χ1v) is 6.57. The van der Waals surface area contributed by atoms with Crippen LogP contribution in [0.25, 0.3) is 5.69 Å². The number of hydrogen-bond acceptors (Lipinski definition) is 3. The van der Waals surface area contributed by atoms with Gasteiger partial charge in [0.15, 0.2) is 0 Å². The van der Waals surface area contributed by atoms with Crippen molar-refractivity contribution in [3.63, 3.8) is 0 Å². The molecule has 2 aromatic rings. The number of carbonyl (C=O) groups is 1. The Hall–Kier alpha value is -2.06. The van der Waals surface area contributed by atoms with Crippen LogP contribution >= 0.6 is 12.4 Å². The highest BCUT2D eigenvalue weighted by molar-refractivity contribution is 5.90. The van der Waals surface area contributed by atoms with E-state index >= 15 is 0 Å². The Morgan fingerprint density at radius 1 is 1.35 bits per heavy atom. The van der Waals surface area contributed by atoms with Crippen molar-refractivity contribution in [1.29, 1.82) is 0 Å². The first-order valence-electron chi connectivity index (χ1n) is 6.57. The van der Waals surface area contributed by atoms with E-state index in [2.05, 4.69) is 15.7 Å². The molecule has 0 bridgehead atoms. The minimum atomic E-state index is -4.41. The summed E-state index contributed by atoms with van der Waals surface area (Å²) in [5.41, 5.74) is -0.0517. The van der Waals surface area contributed by atoms with Gasteiger partial charge in [0.1, 0.15) is 0 Å². The van der Waals surface area contributed by atoms with Crippen molar-refractivity contribution in [2.24, 2.45) is 0 Å². The Morgan fingerprint density at radius 3 is 2.74 bits per heavy atom. The number of alkyl halides is 3. The van der Waals surface area contributed by atoms with Gasteiger partial charge >= 0.3 is 6.18 Å². The summed E-state index contributed by atoms with van der Waals surface area (Å²) < 4.78 is 39.3. The fourth-order valence-electron chi connectivity index (χ4n) is 1.82. The molecule has 5 nitrogen and oxygen atoms in total. The zero-order valence-electron chi connectivity index (χ0n) is 12.2. The number of nitrogens with one attached hydrogen (secondary N) is 2. The van der Waals surface area contributed by atoms with E-state index in [-0.39, 0.29) is 24.0 Å². The molecule has 9 heteroatoms. The molecule has 1 aromatic heterocycles. The van der Waals surface area contributed by atoms with Crippen molar-refractivity contribution in [1.82, 2.24) is 15.1 Å². The van der Waals surface area contributed by atoms with Crippen LogP contribution in [0.4, 0.5) is 18.9 Å². The van der Waals surface area contributed by atoms with E-state index in [1.807, 2.05) is 0 Å². The average Bonchev–Trinajstić information content (AvgIpc) is 2.93. The van der Waals surface area contributed by atoms with Gasteiger partial charge in [-0.3, -0.25) is 4.79 Å². The molecule has 1 aromatic carbocycles. The molecule has 1 heterocycles. The summed E-state index contributed by atoms with van der Waals surface area (Å²) in [6.45, 7) is 0.535. The lowest BCUT2D eigenvalue weighted by Gasteiger charge is -2.08. The summed E-state index contributed by atoms with van der Waals surface area (Å²) in [6, 6.07) is 4.81. The van der Waals surface area contributed by atoms with Crippen LogP contribution in [0.3, 0.4) is 0 Å². The van der Waals surface area contributed by atoms with Crippen molar-refractivity contribution in [3.05, 3.63) is 42.2 Å². The van der Waals surface area contributed by atoms with Crippen molar-refractivity contribution in [2.75, 3.05) is 18.9 Å². The summed E-state index contributed by atoms with van der Waals surface area (Å²) in [4.78, 5) is 11.6. The monoisotopic (exact) mass is 348 g/mol. The molecular formula is C14H16ClF3N4O. The molecule has 0 aliphatic heterocycles. The zero-order chi connectivity index (χ0) is 16.2. The maximum absolute atomic E-state index is 12.7. The third kappa shape index (κ3) is 5.26. The molecule has 2 rings (SSSR count). The molecule has 23 heavy (non-hydrogen) atoms. The van der Waals surface area contributed by atoms with Crippen LogP contribution in [0.15, 0.2) is 36.7 Å². The molecule has 0 saturated heterocycles. The molecule has 0 fully saturated rings. The van der Waals surface area contributed by atoms with E-state index in [1.165, 1.54) is 29.2 Å². The van der Waals surface area contributed by atoms with Gasteiger partial charge in [-0.05, 0) is 25.2 Å². The van der Waals surface area contributed by atoms with Crippen molar-refractivity contribution >= 4 is 24.0 Å². The SMILES string of the molecule is CNCCC(=O)Nc1cnn(-c2cccc(C(F)(F)F)c2)c1.Cl. The molecule has 2 N–H and O–H groups in total. The Bertz CT molecular complexity index is 657. The van der Waals surface area contributed by atoms with Crippen molar-refractivity contribution in [3.8, 4) is 5.69 Å². The van der Waals surface area contributed by atoms with Gasteiger partial charge in [0.25, 0.3) is 0 Å². The van der Waals surface area contributed by atoms with E-state index in [1.54, 1.807) is 7.05 Å². The minimum absolute atomic E-state index is 0. The van der Waals surface area contributed by atoms with Crippen molar-refractivity contribution in [2.45, 2.75) is 12.6 Å². The van der Waals surface area contributed by atoms with Crippen LogP contribution in [0, 0.1) is 0 Å². The Labute approximate surface area is 137 Å². The first-order chi connectivity index (χ1) is 10.4. The quantitative estimate of drug-likeness (QED) is 0.873. The van der Waals surface area contributed by atoms with Gasteiger partial charge in [-0.25, -0.2) is 4.68 Å². The van der Waals surface area contributed by atoms with Crippen LogP contribution in [0.1, 0.15) is 12.0 Å². The molecule has 1 amide bonds.